The lowest BCUT2D eigenvalue weighted by atomic mass is 9.82. The van der Waals surface area contributed by atoms with Crippen LogP contribution in [0.25, 0.3) is 130 Å². The highest BCUT2D eigenvalue weighted by atomic mass is 32.1. The van der Waals surface area contributed by atoms with Crippen LogP contribution in [0, 0.1) is 0 Å². The molecule has 14 rings (SSSR count). The number of hydrogen-bond donors (Lipinski definition) is 0. The number of nitrogens with zero attached hydrogens (tertiary/aromatic N) is 3. The van der Waals surface area contributed by atoms with Gasteiger partial charge in [-0.15, -0.1) is 22.7 Å². The molecule has 0 radical (unpaired) electrons. The van der Waals surface area contributed by atoms with Crippen molar-refractivity contribution in [2.75, 3.05) is 0 Å². The topological polar surface area (TPSA) is 51.8 Å². The molecule has 0 atom stereocenters. The van der Waals surface area contributed by atoms with Crippen LogP contribution in [0.1, 0.15) is 25.0 Å². The lowest BCUT2D eigenvalue weighted by Crippen LogP contribution is -2.14. The van der Waals surface area contributed by atoms with Crippen molar-refractivity contribution in [1.82, 2.24) is 15.0 Å². The zero-order chi connectivity index (χ0) is 43.7. The van der Waals surface area contributed by atoms with Gasteiger partial charge in [-0.3, -0.25) is 0 Å². The first-order chi connectivity index (χ1) is 32.4. The molecule has 4 nitrogen and oxygen atoms in total. The Morgan fingerprint density at radius 2 is 0.939 bits per heavy atom. The second kappa shape index (κ2) is 14.1. The average Bonchev–Trinajstić information content (AvgIpc) is 4.11. The zero-order valence-corrected chi connectivity index (χ0v) is 37.6. The highest BCUT2D eigenvalue weighted by Crippen LogP contribution is 2.52. The summed E-state index contributed by atoms with van der Waals surface area (Å²) < 4.78 is 11.5. The molecule has 0 fully saturated rings. The van der Waals surface area contributed by atoms with Crippen LogP contribution in [0.2, 0.25) is 0 Å². The third-order valence-corrected chi connectivity index (χ3v) is 16.1. The first-order valence-corrected chi connectivity index (χ1v) is 24.0. The van der Waals surface area contributed by atoms with E-state index in [1.165, 1.54) is 68.3 Å². The minimum Gasteiger partial charge on any atom is -0.456 e. The maximum absolute atomic E-state index is 6.60. The van der Waals surface area contributed by atoms with Gasteiger partial charge in [-0.1, -0.05) is 159 Å². The minimum atomic E-state index is -0.0468. The molecule has 0 saturated heterocycles. The Labute approximate surface area is 388 Å². The van der Waals surface area contributed by atoms with E-state index in [4.69, 9.17) is 19.4 Å². The number of thiophene rings is 2. The number of fused-ring (bicyclic) bond motifs is 12. The van der Waals surface area contributed by atoms with E-state index in [0.29, 0.717) is 17.5 Å². The zero-order valence-electron chi connectivity index (χ0n) is 36.0. The van der Waals surface area contributed by atoms with Crippen LogP contribution in [0.15, 0.2) is 192 Å². The first kappa shape index (κ1) is 37.6. The smallest absolute Gasteiger partial charge is 0.164 e. The van der Waals surface area contributed by atoms with Gasteiger partial charge in [0, 0.05) is 73.2 Å². The van der Waals surface area contributed by atoms with Crippen LogP contribution in [-0.2, 0) is 5.41 Å². The molecule has 13 aromatic rings. The van der Waals surface area contributed by atoms with Gasteiger partial charge in [0.2, 0.25) is 0 Å². The second-order valence-corrected chi connectivity index (χ2v) is 20.0. The summed E-state index contributed by atoms with van der Waals surface area (Å²) in [7, 11) is 0. The minimum absolute atomic E-state index is 0.0468. The Bertz CT molecular complexity index is 4150. The molecule has 0 amide bonds. The molecule has 6 heteroatoms. The third kappa shape index (κ3) is 5.59. The van der Waals surface area contributed by atoms with Gasteiger partial charge >= 0.3 is 0 Å². The van der Waals surface area contributed by atoms with E-state index >= 15 is 0 Å². The maximum atomic E-state index is 6.60. The summed E-state index contributed by atoms with van der Waals surface area (Å²) in [6.07, 6.45) is 0. The second-order valence-electron chi connectivity index (χ2n) is 17.9. The molecule has 0 bridgehead atoms. The lowest BCUT2D eigenvalue weighted by Gasteiger charge is -2.21. The van der Waals surface area contributed by atoms with Crippen LogP contribution in [0.3, 0.4) is 0 Å². The molecule has 1 aliphatic rings. The first-order valence-electron chi connectivity index (χ1n) is 22.3. The van der Waals surface area contributed by atoms with E-state index in [1.54, 1.807) is 22.7 Å². The van der Waals surface area contributed by atoms with Gasteiger partial charge in [-0.25, -0.2) is 15.0 Å². The molecular weight excluding hydrogens is 843 g/mol. The third-order valence-electron chi connectivity index (χ3n) is 13.8. The summed E-state index contributed by atoms with van der Waals surface area (Å²) in [5.41, 5.74) is 14.6. The normalized spacial score (nSPS) is 13.1. The van der Waals surface area contributed by atoms with E-state index in [0.717, 1.165) is 55.1 Å². The molecule has 1 aliphatic carbocycles. The highest BCUT2D eigenvalue weighted by molar-refractivity contribution is 7.26. The van der Waals surface area contributed by atoms with E-state index in [1.807, 2.05) is 12.1 Å². The van der Waals surface area contributed by atoms with Crippen molar-refractivity contribution in [1.29, 1.82) is 0 Å². The fourth-order valence-electron chi connectivity index (χ4n) is 10.6. The summed E-state index contributed by atoms with van der Waals surface area (Å²) >= 11 is 3.60. The fourth-order valence-corrected chi connectivity index (χ4v) is 12.9. The summed E-state index contributed by atoms with van der Waals surface area (Å²) in [5, 5.41) is 6.86. The predicted octanol–water partition coefficient (Wildman–Crippen LogP) is 17.1. The van der Waals surface area contributed by atoms with Gasteiger partial charge in [0.05, 0.1) is 0 Å². The molecule has 4 aromatic heterocycles. The monoisotopic (exact) mass is 879 g/mol. The van der Waals surface area contributed by atoms with Gasteiger partial charge in [-0.2, -0.15) is 0 Å². The van der Waals surface area contributed by atoms with Gasteiger partial charge in [-0.05, 0) is 87.0 Å². The fraction of sp³-hybridized carbons (Fsp3) is 0.0500. The van der Waals surface area contributed by atoms with Gasteiger partial charge in [0.15, 0.2) is 17.5 Å². The van der Waals surface area contributed by atoms with E-state index in [-0.39, 0.29) is 5.41 Å². The molecular formula is C60H37N3OS2. The van der Waals surface area contributed by atoms with Crippen LogP contribution in [0.5, 0.6) is 0 Å². The van der Waals surface area contributed by atoms with Crippen LogP contribution in [-0.4, -0.2) is 15.0 Å². The van der Waals surface area contributed by atoms with Crippen LogP contribution < -0.4 is 0 Å². The largest absolute Gasteiger partial charge is 0.456 e. The SMILES string of the molecule is CC1(C)c2ccccc2-c2c(-c3ccc(-c4ccc5oc6cccc(-c7nc(-c8ccc9c(c8)sc8ccccc89)nc(-c8cccc9sc%10ccccc%10c89)n7)c6c5c4)cc3)cccc21. The molecule has 4 heterocycles. The van der Waals surface area contributed by atoms with Gasteiger partial charge < -0.3 is 4.42 Å². The molecule has 66 heavy (non-hydrogen) atoms. The van der Waals surface area contributed by atoms with Crippen molar-refractivity contribution in [2.45, 2.75) is 19.3 Å². The van der Waals surface area contributed by atoms with Crippen molar-refractivity contribution in [2.24, 2.45) is 0 Å². The van der Waals surface area contributed by atoms with E-state index < -0.39 is 0 Å². The Morgan fingerprint density at radius 3 is 1.79 bits per heavy atom. The predicted molar refractivity (Wildman–Crippen MR) is 278 cm³/mol. The molecule has 310 valence electrons. The Morgan fingerprint density at radius 1 is 0.364 bits per heavy atom. The standard InChI is InChI=1S/C60H37N3OS2/c1-60(2)46-18-6-3-13-41(46)54-38(15-9-19-47(54)60)35-26-24-34(25-27-35)36-29-31-48-45(32-36)55-43(16-10-20-49(55)64-48)58-61-57(37-28-30-40-39-12-4-7-21-50(39)66-53(40)33-37)62-59(63-58)44-17-11-23-52-56(44)42-14-5-8-22-51(42)65-52/h3-33H,1-2H3. The highest BCUT2D eigenvalue weighted by Gasteiger charge is 2.36. The van der Waals surface area contributed by atoms with E-state index in [2.05, 4.69) is 190 Å². The van der Waals surface area contributed by atoms with E-state index in [9.17, 15) is 0 Å². The Balaban J connectivity index is 0.925. The summed E-state index contributed by atoms with van der Waals surface area (Å²) in [4.78, 5) is 16.0. The Kier molecular flexibility index (Phi) is 8.04. The number of furan rings is 1. The van der Waals surface area contributed by atoms with Gasteiger partial charge in [0.25, 0.3) is 0 Å². The summed E-state index contributed by atoms with van der Waals surface area (Å²) in [6.45, 7) is 4.67. The lowest BCUT2D eigenvalue weighted by molar-refractivity contribution is 0.660. The molecule has 0 aliphatic heterocycles. The molecule has 0 spiro atoms. The average molecular weight is 880 g/mol. The summed E-state index contributed by atoms with van der Waals surface area (Å²) in [5.74, 6) is 1.88. The molecule has 0 unspecified atom stereocenters. The molecule has 0 N–H and O–H groups in total. The van der Waals surface area contributed by atoms with Crippen LogP contribution >= 0.6 is 22.7 Å². The number of benzene rings is 9. The van der Waals surface area contributed by atoms with Crippen LogP contribution in [0.4, 0.5) is 0 Å². The summed E-state index contributed by atoms with van der Waals surface area (Å²) in [6, 6.07) is 67.6. The molecule has 0 saturated carbocycles. The number of hydrogen-bond acceptors (Lipinski definition) is 6. The van der Waals surface area contributed by atoms with Crippen molar-refractivity contribution < 1.29 is 4.42 Å². The number of aromatic nitrogens is 3. The Hall–Kier alpha value is -7.77. The van der Waals surface area contributed by atoms with Crippen molar-refractivity contribution in [3.05, 3.63) is 199 Å². The van der Waals surface area contributed by atoms with Crippen molar-refractivity contribution in [3.8, 4) is 67.5 Å². The maximum Gasteiger partial charge on any atom is 0.164 e. The van der Waals surface area contributed by atoms with Crippen molar-refractivity contribution >= 4 is 85.0 Å². The molecule has 9 aromatic carbocycles. The van der Waals surface area contributed by atoms with Crippen molar-refractivity contribution in [3.63, 3.8) is 0 Å². The number of rotatable bonds is 5. The quantitative estimate of drug-likeness (QED) is 0.173. The van der Waals surface area contributed by atoms with Gasteiger partial charge in [0.1, 0.15) is 11.2 Å².